The average Bonchev–Trinajstić information content (AvgIpc) is 2.51. The maximum Gasteiger partial charge on any atom is 0.123 e. The molecule has 3 heteroatoms. The molecule has 3 rings (SSSR count). The van der Waals surface area contributed by atoms with Gasteiger partial charge in [-0.3, -0.25) is 0 Å². The van der Waals surface area contributed by atoms with Gasteiger partial charge in [0.2, 0.25) is 0 Å². The van der Waals surface area contributed by atoms with Crippen molar-refractivity contribution in [3.05, 3.63) is 65.0 Å². The third-order valence-electron chi connectivity index (χ3n) is 4.86. The Morgan fingerprint density at radius 2 is 1.78 bits per heavy atom. The number of nitrogens with two attached hydrogens (primary N) is 1. The lowest BCUT2D eigenvalue weighted by Gasteiger charge is -2.38. The molecule has 0 spiro atoms. The van der Waals surface area contributed by atoms with Crippen LogP contribution in [-0.2, 0) is 6.42 Å². The number of rotatable bonds is 3. The van der Waals surface area contributed by atoms with E-state index in [9.17, 15) is 4.39 Å². The van der Waals surface area contributed by atoms with Crippen LogP contribution in [0.4, 0.5) is 10.1 Å². The van der Waals surface area contributed by atoms with Crippen molar-refractivity contribution in [2.75, 3.05) is 18.0 Å². The van der Waals surface area contributed by atoms with E-state index in [-0.39, 0.29) is 11.9 Å². The number of anilines is 1. The van der Waals surface area contributed by atoms with Crippen molar-refractivity contribution >= 4 is 5.69 Å². The monoisotopic (exact) mass is 312 g/mol. The van der Waals surface area contributed by atoms with Crippen molar-refractivity contribution in [3.8, 4) is 0 Å². The molecule has 2 atom stereocenters. The predicted octanol–water partition coefficient (Wildman–Crippen LogP) is 3.84. The van der Waals surface area contributed by atoms with Gasteiger partial charge in [-0.05, 0) is 73.6 Å². The number of hydrogen-bond acceptors (Lipinski definition) is 2. The minimum Gasteiger partial charge on any atom is -0.370 e. The average molecular weight is 312 g/mol. The van der Waals surface area contributed by atoms with Gasteiger partial charge < -0.3 is 10.6 Å². The lowest BCUT2D eigenvalue weighted by molar-refractivity contribution is 0.374. The van der Waals surface area contributed by atoms with E-state index < -0.39 is 0 Å². The van der Waals surface area contributed by atoms with Crippen LogP contribution in [0.5, 0.6) is 0 Å². The van der Waals surface area contributed by atoms with Crippen LogP contribution in [0.1, 0.15) is 23.1 Å². The van der Waals surface area contributed by atoms with E-state index in [0.717, 1.165) is 31.6 Å². The van der Waals surface area contributed by atoms with Crippen molar-refractivity contribution in [1.29, 1.82) is 0 Å². The highest BCUT2D eigenvalue weighted by Crippen LogP contribution is 2.26. The molecule has 2 aromatic carbocycles. The largest absolute Gasteiger partial charge is 0.370 e. The lowest BCUT2D eigenvalue weighted by atomic mass is 9.88. The van der Waals surface area contributed by atoms with Crippen molar-refractivity contribution in [1.82, 2.24) is 0 Å². The first-order valence-corrected chi connectivity index (χ1v) is 8.33. The van der Waals surface area contributed by atoms with Gasteiger partial charge in [-0.15, -0.1) is 0 Å². The standard InChI is InChI=1S/C20H25FN2/c1-14-3-4-16(9-15(14)2)10-17-11-19(22)13-23(12-17)20-7-5-18(21)6-8-20/h3-9,17,19H,10-13,22H2,1-2H3. The first kappa shape index (κ1) is 16.0. The number of aryl methyl sites for hydroxylation is 2. The molecule has 0 amide bonds. The second-order valence-corrected chi connectivity index (χ2v) is 6.87. The summed E-state index contributed by atoms with van der Waals surface area (Å²) in [5, 5.41) is 0. The minimum absolute atomic E-state index is 0.172. The first-order valence-electron chi connectivity index (χ1n) is 8.33. The molecule has 122 valence electrons. The molecule has 0 bridgehead atoms. The Bertz CT molecular complexity index is 666. The van der Waals surface area contributed by atoms with Crippen molar-refractivity contribution in [3.63, 3.8) is 0 Å². The van der Waals surface area contributed by atoms with E-state index in [1.807, 2.05) is 12.1 Å². The first-order chi connectivity index (χ1) is 11.0. The molecule has 2 nitrogen and oxygen atoms in total. The summed E-state index contributed by atoms with van der Waals surface area (Å²) in [6.07, 6.45) is 2.09. The van der Waals surface area contributed by atoms with Gasteiger partial charge in [0.05, 0.1) is 0 Å². The second-order valence-electron chi connectivity index (χ2n) is 6.87. The van der Waals surface area contributed by atoms with E-state index in [4.69, 9.17) is 5.73 Å². The van der Waals surface area contributed by atoms with Crippen LogP contribution < -0.4 is 10.6 Å². The van der Waals surface area contributed by atoms with Gasteiger partial charge in [0.1, 0.15) is 5.82 Å². The summed E-state index contributed by atoms with van der Waals surface area (Å²) < 4.78 is 13.1. The Hall–Kier alpha value is -1.87. The summed E-state index contributed by atoms with van der Waals surface area (Å²) in [6.45, 7) is 6.13. The predicted molar refractivity (Wildman–Crippen MR) is 94.3 cm³/mol. The third kappa shape index (κ3) is 3.91. The summed E-state index contributed by atoms with van der Waals surface area (Å²) in [5.74, 6) is 0.340. The maximum absolute atomic E-state index is 13.1. The molecule has 1 fully saturated rings. The molecule has 2 N–H and O–H groups in total. The highest BCUT2D eigenvalue weighted by Gasteiger charge is 2.25. The number of nitrogens with zero attached hydrogens (tertiary/aromatic N) is 1. The highest BCUT2D eigenvalue weighted by atomic mass is 19.1. The molecule has 0 aliphatic carbocycles. The van der Waals surface area contributed by atoms with Gasteiger partial charge in [-0.2, -0.15) is 0 Å². The molecule has 1 saturated heterocycles. The fraction of sp³-hybridized carbons (Fsp3) is 0.400. The van der Waals surface area contributed by atoms with E-state index in [1.54, 1.807) is 0 Å². The third-order valence-corrected chi connectivity index (χ3v) is 4.86. The van der Waals surface area contributed by atoms with Gasteiger partial charge in [0.15, 0.2) is 0 Å². The molecule has 0 radical (unpaired) electrons. The minimum atomic E-state index is -0.193. The normalized spacial score (nSPS) is 21.5. The number of halogens is 1. The molecular formula is C20H25FN2. The van der Waals surface area contributed by atoms with Crippen molar-refractivity contribution in [2.45, 2.75) is 32.7 Å². The van der Waals surface area contributed by atoms with Crippen LogP contribution in [0.25, 0.3) is 0 Å². The van der Waals surface area contributed by atoms with Gasteiger partial charge >= 0.3 is 0 Å². The molecule has 2 aromatic rings. The topological polar surface area (TPSA) is 29.3 Å². The molecule has 1 heterocycles. The van der Waals surface area contributed by atoms with Gasteiger partial charge in [0, 0.05) is 24.8 Å². The van der Waals surface area contributed by atoms with Crippen LogP contribution >= 0.6 is 0 Å². The SMILES string of the molecule is Cc1ccc(CC2CC(N)CN(c3ccc(F)cc3)C2)cc1C. The fourth-order valence-electron chi connectivity index (χ4n) is 3.52. The molecule has 1 aliphatic heterocycles. The zero-order chi connectivity index (χ0) is 16.4. The van der Waals surface area contributed by atoms with E-state index in [2.05, 4.69) is 36.9 Å². The van der Waals surface area contributed by atoms with Gasteiger partial charge in [-0.1, -0.05) is 18.2 Å². The molecule has 23 heavy (non-hydrogen) atoms. The van der Waals surface area contributed by atoms with Crippen LogP contribution in [0.2, 0.25) is 0 Å². The second kappa shape index (κ2) is 6.71. The number of benzene rings is 2. The van der Waals surface area contributed by atoms with Crippen LogP contribution in [-0.4, -0.2) is 19.1 Å². The van der Waals surface area contributed by atoms with Crippen molar-refractivity contribution in [2.24, 2.45) is 11.7 Å². The lowest BCUT2D eigenvalue weighted by Crippen LogP contribution is -2.47. The van der Waals surface area contributed by atoms with E-state index in [0.29, 0.717) is 5.92 Å². The fourth-order valence-corrected chi connectivity index (χ4v) is 3.52. The van der Waals surface area contributed by atoms with E-state index >= 15 is 0 Å². The Morgan fingerprint density at radius 3 is 2.48 bits per heavy atom. The Kier molecular flexibility index (Phi) is 4.67. The molecular weight excluding hydrogens is 287 g/mol. The summed E-state index contributed by atoms with van der Waals surface area (Å²) in [7, 11) is 0. The summed E-state index contributed by atoms with van der Waals surface area (Å²) in [5.41, 5.74) is 11.4. The van der Waals surface area contributed by atoms with Crippen LogP contribution in [0, 0.1) is 25.6 Å². The molecule has 0 aromatic heterocycles. The summed E-state index contributed by atoms with van der Waals surface area (Å²) in [6, 6.07) is 13.6. The zero-order valence-electron chi connectivity index (χ0n) is 13.9. The summed E-state index contributed by atoms with van der Waals surface area (Å²) >= 11 is 0. The zero-order valence-corrected chi connectivity index (χ0v) is 13.9. The van der Waals surface area contributed by atoms with Gasteiger partial charge in [-0.25, -0.2) is 4.39 Å². The quantitative estimate of drug-likeness (QED) is 0.933. The maximum atomic E-state index is 13.1. The number of hydrogen-bond donors (Lipinski definition) is 1. The Morgan fingerprint density at radius 1 is 1.04 bits per heavy atom. The Balaban J connectivity index is 1.72. The summed E-state index contributed by atoms with van der Waals surface area (Å²) in [4.78, 5) is 2.29. The molecule has 1 aliphatic rings. The molecule has 0 saturated carbocycles. The van der Waals surface area contributed by atoms with Crippen molar-refractivity contribution < 1.29 is 4.39 Å². The highest BCUT2D eigenvalue weighted by molar-refractivity contribution is 5.47. The number of piperidine rings is 1. The van der Waals surface area contributed by atoms with Crippen LogP contribution in [0.3, 0.4) is 0 Å². The van der Waals surface area contributed by atoms with Crippen LogP contribution in [0.15, 0.2) is 42.5 Å². The molecule has 2 unspecified atom stereocenters. The smallest absolute Gasteiger partial charge is 0.123 e. The Labute approximate surface area is 138 Å². The van der Waals surface area contributed by atoms with Gasteiger partial charge in [0.25, 0.3) is 0 Å². The van der Waals surface area contributed by atoms with E-state index in [1.165, 1.54) is 28.8 Å².